The number of fused-ring (bicyclic) bond motifs is 1. The molecule has 0 saturated heterocycles. The Morgan fingerprint density at radius 2 is 1.95 bits per heavy atom. The zero-order valence-corrected chi connectivity index (χ0v) is 13.2. The Morgan fingerprint density at radius 3 is 2.77 bits per heavy atom. The molecule has 0 radical (unpaired) electrons. The van der Waals surface area contributed by atoms with E-state index in [1.54, 1.807) is 6.07 Å². The molecule has 1 unspecified atom stereocenters. The minimum Gasteiger partial charge on any atom is -0.349 e. The van der Waals surface area contributed by atoms with Crippen LogP contribution in [0.4, 0.5) is 0 Å². The van der Waals surface area contributed by atoms with E-state index in [0.29, 0.717) is 6.42 Å². The first-order valence-electron chi connectivity index (χ1n) is 8.74. The summed E-state index contributed by atoms with van der Waals surface area (Å²) >= 11 is 0. The van der Waals surface area contributed by atoms with Crippen molar-refractivity contribution in [2.75, 3.05) is 0 Å². The number of pyridine rings is 1. The zero-order chi connectivity index (χ0) is 15.4. The predicted octanol–water partition coefficient (Wildman–Crippen LogP) is 3.23. The van der Waals surface area contributed by atoms with E-state index in [1.165, 1.54) is 32.1 Å². The fourth-order valence-electron chi connectivity index (χ4n) is 3.93. The van der Waals surface area contributed by atoms with E-state index in [4.69, 9.17) is 0 Å². The lowest BCUT2D eigenvalue weighted by Gasteiger charge is -2.26. The summed E-state index contributed by atoms with van der Waals surface area (Å²) in [5, 5.41) is 3.17. The number of rotatable bonds is 4. The number of amides is 1. The van der Waals surface area contributed by atoms with E-state index in [-0.39, 0.29) is 17.5 Å². The molecule has 0 spiro atoms. The van der Waals surface area contributed by atoms with Crippen LogP contribution < -0.4 is 10.9 Å². The molecule has 0 aliphatic heterocycles. The highest BCUT2D eigenvalue weighted by atomic mass is 16.1. The summed E-state index contributed by atoms with van der Waals surface area (Å²) in [4.78, 5) is 26.6. The van der Waals surface area contributed by atoms with Crippen LogP contribution >= 0.6 is 0 Å². The summed E-state index contributed by atoms with van der Waals surface area (Å²) in [6, 6.07) is 3.50. The third kappa shape index (κ3) is 3.79. The number of hydrogen-bond acceptors (Lipinski definition) is 2. The summed E-state index contributed by atoms with van der Waals surface area (Å²) in [7, 11) is 0. The third-order valence-corrected chi connectivity index (χ3v) is 5.17. The van der Waals surface area contributed by atoms with E-state index < -0.39 is 0 Å². The van der Waals surface area contributed by atoms with Crippen LogP contribution in [0.1, 0.15) is 75.1 Å². The van der Waals surface area contributed by atoms with Crippen LogP contribution in [0, 0.1) is 5.92 Å². The highest BCUT2D eigenvalue weighted by Gasteiger charge is 2.23. The molecule has 1 saturated carbocycles. The Morgan fingerprint density at radius 1 is 1.14 bits per heavy atom. The van der Waals surface area contributed by atoms with E-state index in [9.17, 15) is 9.59 Å². The van der Waals surface area contributed by atoms with Gasteiger partial charge < -0.3 is 10.3 Å². The second kappa shape index (κ2) is 7.12. The zero-order valence-electron chi connectivity index (χ0n) is 13.2. The van der Waals surface area contributed by atoms with Crippen molar-refractivity contribution in [3.63, 3.8) is 0 Å². The summed E-state index contributed by atoms with van der Waals surface area (Å²) < 4.78 is 0. The minimum atomic E-state index is -0.0528. The number of aromatic amines is 1. The summed E-state index contributed by atoms with van der Waals surface area (Å²) in [6.45, 7) is 0. The molecule has 1 heterocycles. The quantitative estimate of drug-likeness (QED) is 0.897. The number of H-pyrrole nitrogens is 1. The van der Waals surface area contributed by atoms with Crippen molar-refractivity contribution < 1.29 is 4.79 Å². The van der Waals surface area contributed by atoms with Crippen LogP contribution in [-0.2, 0) is 11.2 Å². The molecule has 3 rings (SSSR count). The van der Waals surface area contributed by atoms with Gasteiger partial charge in [0, 0.05) is 18.2 Å². The fraction of sp³-hybridized carbons (Fsp3) is 0.667. The largest absolute Gasteiger partial charge is 0.349 e. The van der Waals surface area contributed by atoms with Crippen LogP contribution in [0.2, 0.25) is 0 Å². The van der Waals surface area contributed by atoms with Gasteiger partial charge in [-0.05, 0) is 43.2 Å². The molecule has 22 heavy (non-hydrogen) atoms. The average molecular weight is 302 g/mol. The van der Waals surface area contributed by atoms with Gasteiger partial charge in [-0.1, -0.05) is 32.1 Å². The monoisotopic (exact) mass is 302 g/mol. The molecule has 0 aromatic carbocycles. The molecule has 1 aromatic heterocycles. The average Bonchev–Trinajstić information content (AvgIpc) is 2.54. The topological polar surface area (TPSA) is 62.0 Å². The van der Waals surface area contributed by atoms with Crippen molar-refractivity contribution in [2.45, 2.75) is 70.3 Å². The van der Waals surface area contributed by atoms with Crippen molar-refractivity contribution >= 4 is 5.91 Å². The molecule has 1 amide bonds. The summed E-state index contributed by atoms with van der Waals surface area (Å²) in [5.74, 6) is 0.907. The Labute approximate surface area is 131 Å². The van der Waals surface area contributed by atoms with E-state index in [2.05, 4.69) is 10.3 Å². The Hall–Kier alpha value is -1.58. The highest BCUT2D eigenvalue weighted by molar-refractivity contribution is 5.76. The van der Waals surface area contributed by atoms with Crippen molar-refractivity contribution in [2.24, 2.45) is 5.92 Å². The van der Waals surface area contributed by atoms with Gasteiger partial charge in [0.15, 0.2) is 0 Å². The lowest BCUT2D eigenvalue weighted by Crippen LogP contribution is -2.32. The van der Waals surface area contributed by atoms with Gasteiger partial charge >= 0.3 is 0 Å². The smallest absolute Gasteiger partial charge is 0.248 e. The number of nitrogens with one attached hydrogen (secondary N) is 2. The first kappa shape index (κ1) is 15.3. The predicted molar refractivity (Wildman–Crippen MR) is 86.7 cm³/mol. The third-order valence-electron chi connectivity index (χ3n) is 5.17. The maximum atomic E-state index is 12.2. The molecule has 1 aromatic rings. The number of carbonyl (C=O) groups is 1. The standard InChI is InChI=1S/C18H26N2O2/c21-17(11-9-13-5-2-1-3-6-13)19-15-7-4-8-16-14(15)10-12-18(22)20-16/h10,12-13,15H,1-9,11H2,(H,19,21)(H,20,22). The molecule has 2 aliphatic carbocycles. The molecular formula is C18H26N2O2. The van der Waals surface area contributed by atoms with Crippen molar-refractivity contribution in [3.8, 4) is 0 Å². The number of carbonyl (C=O) groups excluding carboxylic acids is 1. The minimum absolute atomic E-state index is 0.0528. The highest BCUT2D eigenvalue weighted by Crippen LogP contribution is 2.29. The van der Waals surface area contributed by atoms with Gasteiger partial charge in [-0.15, -0.1) is 0 Å². The maximum absolute atomic E-state index is 12.2. The molecule has 4 nitrogen and oxygen atoms in total. The molecule has 1 atom stereocenters. The van der Waals surface area contributed by atoms with E-state index in [1.807, 2.05) is 6.07 Å². The Kier molecular flexibility index (Phi) is 4.96. The molecule has 1 fully saturated rings. The van der Waals surface area contributed by atoms with Crippen molar-refractivity contribution in [3.05, 3.63) is 33.7 Å². The fourth-order valence-corrected chi connectivity index (χ4v) is 3.93. The number of aromatic nitrogens is 1. The van der Waals surface area contributed by atoms with Crippen LogP contribution in [0.25, 0.3) is 0 Å². The first-order chi connectivity index (χ1) is 10.7. The number of aryl methyl sites for hydroxylation is 1. The molecule has 2 N–H and O–H groups in total. The van der Waals surface area contributed by atoms with Gasteiger partial charge in [-0.3, -0.25) is 9.59 Å². The van der Waals surface area contributed by atoms with Gasteiger partial charge in [0.25, 0.3) is 0 Å². The lowest BCUT2D eigenvalue weighted by molar-refractivity contribution is -0.122. The van der Waals surface area contributed by atoms with Crippen LogP contribution in [0.5, 0.6) is 0 Å². The summed E-state index contributed by atoms with van der Waals surface area (Å²) in [5.41, 5.74) is 2.04. The SMILES string of the molecule is O=C(CCC1CCCCC1)NC1CCCc2[nH]c(=O)ccc21. The van der Waals surface area contributed by atoms with Gasteiger partial charge in [0.05, 0.1) is 6.04 Å². The second-order valence-electron chi connectivity index (χ2n) is 6.81. The van der Waals surface area contributed by atoms with Crippen molar-refractivity contribution in [1.82, 2.24) is 10.3 Å². The second-order valence-corrected chi connectivity index (χ2v) is 6.81. The Bertz CT molecular complexity index is 573. The molecule has 120 valence electrons. The molecular weight excluding hydrogens is 276 g/mol. The molecule has 4 heteroatoms. The van der Waals surface area contributed by atoms with Crippen LogP contribution in [0.15, 0.2) is 16.9 Å². The maximum Gasteiger partial charge on any atom is 0.248 e. The van der Waals surface area contributed by atoms with Gasteiger partial charge in [0.2, 0.25) is 11.5 Å². The normalized spacial score (nSPS) is 22.1. The Balaban J connectivity index is 1.55. The molecule has 0 bridgehead atoms. The molecule has 2 aliphatic rings. The van der Waals surface area contributed by atoms with Crippen molar-refractivity contribution in [1.29, 1.82) is 0 Å². The lowest BCUT2D eigenvalue weighted by atomic mass is 9.86. The van der Waals surface area contributed by atoms with E-state index in [0.717, 1.165) is 42.9 Å². The van der Waals surface area contributed by atoms with Gasteiger partial charge in [-0.25, -0.2) is 0 Å². The van der Waals surface area contributed by atoms with Gasteiger partial charge in [0.1, 0.15) is 0 Å². The van der Waals surface area contributed by atoms with Gasteiger partial charge in [-0.2, -0.15) is 0 Å². The van der Waals surface area contributed by atoms with E-state index >= 15 is 0 Å². The summed E-state index contributed by atoms with van der Waals surface area (Å²) in [6.07, 6.45) is 11.2. The van der Waals surface area contributed by atoms with Crippen LogP contribution in [0.3, 0.4) is 0 Å². The number of hydrogen-bond donors (Lipinski definition) is 2. The van der Waals surface area contributed by atoms with Crippen LogP contribution in [-0.4, -0.2) is 10.9 Å². The first-order valence-corrected chi connectivity index (χ1v) is 8.74.